The third-order valence-electron chi connectivity index (χ3n) is 4.28. The molecule has 1 atom stereocenters. The number of carboxylic acid groups (broad SMARTS) is 2. The lowest BCUT2D eigenvalue weighted by Gasteiger charge is -2.35. The SMILES string of the molecule is CC(C)CC1CN(CC(=O)O)CCN(CC(=O)O)CCN1CC(O)O. The predicted molar refractivity (Wildman–Crippen MR) is 91.2 cm³/mol. The average Bonchev–Trinajstić information content (AvgIpc) is 2.50. The Balaban J connectivity index is 2.97. The Bertz CT molecular complexity index is 432. The number of aliphatic hydroxyl groups excluding tert-OH is 1. The first-order valence-corrected chi connectivity index (χ1v) is 8.65. The van der Waals surface area contributed by atoms with E-state index in [1.807, 2.05) is 4.90 Å². The average molecular weight is 361 g/mol. The van der Waals surface area contributed by atoms with Gasteiger partial charge in [0.1, 0.15) is 0 Å². The Morgan fingerprint density at radius 2 is 1.48 bits per heavy atom. The Hall–Kier alpha value is -1.26. The van der Waals surface area contributed by atoms with E-state index in [1.165, 1.54) is 0 Å². The van der Waals surface area contributed by atoms with Crippen LogP contribution in [0.3, 0.4) is 0 Å². The maximum Gasteiger partial charge on any atom is 0.317 e. The highest BCUT2D eigenvalue weighted by Gasteiger charge is 2.27. The minimum atomic E-state index is -1.49. The van der Waals surface area contributed by atoms with E-state index in [0.717, 1.165) is 6.42 Å². The topological polar surface area (TPSA) is 125 Å². The summed E-state index contributed by atoms with van der Waals surface area (Å²) in [5.41, 5.74) is 0. The van der Waals surface area contributed by atoms with E-state index >= 15 is 0 Å². The van der Waals surface area contributed by atoms with E-state index in [4.69, 9.17) is 10.2 Å². The first kappa shape index (κ1) is 21.8. The molecule has 4 N–H and O–H groups in total. The molecule has 0 spiro atoms. The minimum absolute atomic E-state index is 0.0223. The van der Waals surface area contributed by atoms with Gasteiger partial charge in [-0.25, -0.2) is 0 Å². The first-order chi connectivity index (χ1) is 11.7. The molecule has 1 aliphatic heterocycles. The third kappa shape index (κ3) is 9.13. The smallest absolute Gasteiger partial charge is 0.317 e. The van der Waals surface area contributed by atoms with Crippen LogP contribution in [0, 0.1) is 5.92 Å². The zero-order valence-corrected chi connectivity index (χ0v) is 15.0. The molecule has 1 fully saturated rings. The second kappa shape index (κ2) is 10.7. The lowest BCUT2D eigenvalue weighted by Crippen LogP contribution is -2.49. The van der Waals surface area contributed by atoms with Gasteiger partial charge in [0.25, 0.3) is 0 Å². The van der Waals surface area contributed by atoms with E-state index < -0.39 is 18.2 Å². The summed E-state index contributed by atoms with van der Waals surface area (Å²) in [5, 5.41) is 37.0. The molecule has 146 valence electrons. The molecule has 1 saturated heterocycles. The van der Waals surface area contributed by atoms with E-state index in [0.29, 0.717) is 38.6 Å². The van der Waals surface area contributed by atoms with Crippen LogP contribution in [0.15, 0.2) is 0 Å². The molecule has 0 aliphatic carbocycles. The van der Waals surface area contributed by atoms with Crippen molar-refractivity contribution in [3.05, 3.63) is 0 Å². The van der Waals surface area contributed by atoms with Crippen LogP contribution in [0.5, 0.6) is 0 Å². The molecule has 1 unspecified atom stereocenters. The number of aliphatic hydroxyl groups is 2. The highest BCUT2D eigenvalue weighted by atomic mass is 16.5. The van der Waals surface area contributed by atoms with Crippen LogP contribution in [0.25, 0.3) is 0 Å². The van der Waals surface area contributed by atoms with Gasteiger partial charge in [0, 0.05) is 45.3 Å². The van der Waals surface area contributed by atoms with Crippen molar-refractivity contribution >= 4 is 11.9 Å². The van der Waals surface area contributed by atoms with Crippen molar-refractivity contribution in [2.75, 3.05) is 52.4 Å². The van der Waals surface area contributed by atoms with Crippen LogP contribution in [-0.2, 0) is 9.59 Å². The maximum absolute atomic E-state index is 11.2. The molecule has 0 aromatic rings. The van der Waals surface area contributed by atoms with E-state index in [-0.39, 0.29) is 25.7 Å². The van der Waals surface area contributed by atoms with E-state index in [1.54, 1.807) is 9.80 Å². The van der Waals surface area contributed by atoms with Crippen molar-refractivity contribution in [1.29, 1.82) is 0 Å². The zero-order chi connectivity index (χ0) is 19.0. The second-order valence-corrected chi connectivity index (χ2v) is 7.06. The van der Waals surface area contributed by atoms with Gasteiger partial charge in [-0.2, -0.15) is 0 Å². The van der Waals surface area contributed by atoms with Gasteiger partial charge in [-0.15, -0.1) is 0 Å². The lowest BCUT2D eigenvalue weighted by molar-refractivity contribution is -0.140. The van der Waals surface area contributed by atoms with Gasteiger partial charge in [0.15, 0.2) is 6.29 Å². The number of hydrogen-bond donors (Lipinski definition) is 4. The number of rotatable bonds is 8. The first-order valence-electron chi connectivity index (χ1n) is 8.65. The Labute approximate surface area is 148 Å². The monoisotopic (exact) mass is 361 g/mol. The summed E-state index contributed by atoms with van der Waals surface area (Å²) in [5.74, 6) is -1.50. The van der Waals surface area contributed by atoms with Gasteiger partial charge in [-0.1, -0.05) is 13.8 Å². The third-order valence-corrected chi connectivity index (χ3v) is 4.28. The van der Waals surface area contributed by atoms with Crippen LogP contribution in [-0.4, -0.2) is 112 Å². The fourth-order valence-electron chi connectivity index (χ4n) is 3.25. The van der Waals surface area contributed by atoms with Crippen LogP contribution < -0.4 is 0 Å². The van der Waals surface area contributed by atoms with E-state index in [9.17, 15) is 19.8 Å². The van der Waals surface area contributed by atoms with Gasteiger partial charge in [0.2, 0.25) is 0 Å². The number of hydrogen-bond acceptors (Lipinski definition) is 7. The molecule has 1 heterocycles. The van der Waals surface area contributed by atoms with Gasteiger partial charge in [-0.3, -0.25) is 24.3 Å². The summed E-state index contributed by atoms with van der Waals surface area (Å²) in [4.78, 5) is 27.7. The normalized spacial score (nSPS) is 21.9. The molecular formula is C16H31N3O6. The molecule has 0 radical (unpaired) electrons. The summed E-state index contributed by atoms with van der Waals surface area (Å²) in [6.45, 7) is 6.36. The van der Waals surface area contributed by atoms with Crippen molar-refractivity contribution in [3.8, 4) is 0 Å². The van der Waals surface area contributed by atoms with Crippen LogP contribution in [0.2, 0.25) is 0 Å². The second-order valence-electron chi connectivity index (χ2n) is 7.06. The molecule has 0 aromatic heterocycles. The molecule has 0 aromatic carbocycles. The number of carboxylic acids is 2. The molecule has 0 saturated carbocycles. The predicted octanol–water partition coefficient (Wildman–Crippen LogP) is -1.20. The van der Waals surface area contributed by atoms with E-state index in [2.05, 4.69) is 13.8 Å². The number of β-amino-alcohol motifs (C(OH)–C–C–N with tert-alkyl or cyclic N) is 2. The summed E-state index contributed by atoms with van der Waals surface area (Å²) in [7, 11) is 0. The largest absolute Gasteiger partial charge is 0.480 e. The quantitative estimate of drug-likeness (QED) is 0.395. The van der Waals surface area contributed by atoms with Crippen molar-refractivity contribution in [3.63, 3.8) is 0 Å². The lowest BCUT2D eigenvalue weighted by atomic mass is 10.0. The number of nitrogens with zero attached hydrogens (tertiary/aromatic N) is 3. The Morgan fingerprint density at radius 3 is 2.00 bits per heavy atom. The van der Waals surface area contributed by atoms with Crippen LogP contribution in [0.1, 0.15) is 20.3 Å². The molecule has 9 heteroatoms. The molecular weight excluding hydrogens is 330 g/mol. The highest BCUT2D eigenvalue weighted by Crippen LogP contribution is 2.15. The van der Waals surface area contributed by atoms with Crippen LogP contribution >= 0.6 is 0 Å². The van der Waals surface area contributed by atoms with Crippen molar-refractivity contribution in [1.82, 2.24) is 14.7 Å². The zero-order valence-electron chi connectivity index (χ0n) is 15.0. The molecule has 9 nitrogen and oxygen atoms in total. The molecule has 0 bridgehead atoms. The standard InChI is InChI=1S/C16H31N3O6/c1-12(2)7-13-8-18(10-15(22)23)4-3-17(9-14(20)21)5-6-19(13)11-16(24)25/h12-13,16,24-25H,3-11H2,1-2H3,(H,20,21)(H,22,23). The Kier molecular flexibility index (Phi) is 9.30. The number of carbonyl (C=O) groups is 2. The summed E-state index contributed by atoms with van der Waals surface area (Å²) >= 11 is 0. The molecule has 25 heavy (non-hydrogen) atoms. The fourth-order valence-corrected chi connectivity index (χ4v) is 3.25. The van der Waals surface area contributed by atoms with Crippen LogP contribution in [0.4, 0.5) is 0 Å². The van der Waals surface area contributed by atoms with Gasteiger partial charge in [-0.05, 0) is 12.3 Å². The molecule has 0 amide bonds. The number of aliphatic carboxylic acids is 2. The van der Waals surface area contributed by atoms with Crippen molar-refractivity contribution < 1.29 is 30.0 Å². The van der Waals surface area contributed by atoms with Gasteiger partial charge in [0.05, 0.1) is 13.1 Å². The molecule has 1 aliphatic rings. The summed E-state index contributed by atoms with van der Waals surface area (Å²) in [6.07, 6.45) is -0.696. The summed E-state index contributed by atoms with van der Waals surface area (Å²) < 4.78 is 0. The summed E-state index contributed by atoms with van der Waals surface area (Å²) in [6, 6.07) is -0.0223. The minimum Gasteiger partial charge on any atom is -0.480 e. The van der Waals surface area contributed by atoms with Crippen molar-refractivity contribution in [2.24, 2.45) is 5.92 Å². The fraction of sp³-hybridized carbons (Fsp3) is 0.875. The Morgan fingerprint density at radius 1 is 0.960 bits per heavy atom. The maximum atomic E-state index is 11.2. The highest BCUT2D eigenvalue weighted by molar-refractivity contribution is 5.69. The molecule has 1 rings (SSSR count). The van der Waals surface area contributed by atoms with Gasteiger partial charge < -0.3 is 20.4 Å². The van der Waals surface area contributed by atoms with Gasteiger partial charge >= 0.3 is 11.9 Å². The van der Waals surface area contributed by atoms with Crippen molar-refractivity contribution in [2.45, 2.75) is 32.6 Å².